The molecule has 0 aliphatic carbocycles. The van der Waals surface area contributed by atoms with Crippen LogP contribution in [0.15, 0.2) is 67.6 Å². The Hall–Kier alpha value is -3.47. The van der Waals surface area contributed by atoms with Crippen molar-refractivity contribution in [3.63, 3.8) is 0 Å². The molecule has 0 amide bonds. The largest absolute Gasteiger partial charge is 0.354 e. The summed E-state index contributed by atoms with van der Waals surface area (Å²) in [5.74, 6) is 0. The first-order valence-corrected chi connectivity index (χ1v) is 8.73. The second-order valence-corrected chi connectivity index (χ2v) is 6.30. The normalized spacial score (nSPS) is 12.3. The molecule has 3 aromatic rings. The Labute approximate surface area is 159 Å². The Morgan fingerprint density at radius 1 is 1.26 bits per heavy atom. The van der Waals surface area contributed by atoms with Crippen molar-refractivity contribution in [3.05, 3.63) is 84.5 Å². The molecular formula is C22H23N5. The topological polar surface area (TPSA) is 66.5 Å². The third-order valence-electron chi connectivity index (χ3n) is 4.31. The third-order valence-corrected chi connectivity index (χ3v) is 4.31. The molecule has 0 aliphatic rings. The Bertz CT molecular complexity index is 1070. The van der Waals surface area contributed by atoms with Gasteiger partial charge in [0, 0.05) is 18.1 Å². The molecule has 5 heteroatoms. The molecule has 0 saturated carbocycles. The van der Waals surface area contributed by atoms with Gasteiger partial charge in [-0.2, -0.15) is 5.10 Å². The number of fused-ring (bicyclic) bond motifs is 1. The van der Waals surface area contributed by atoms with Gasteiger partial charge in [-0.05, 0) is 50.1 Å². The Balaban J connectivity index is 1.99. The van der Waals surface area contributed by atoms with Crippen molar-refractivity contribution in [1.82, 2.24) is 20.2 Å². The fourth-order valence-electron chi connectivity index (χ4n) is 2.71. The summed E-state index contributed by atoms with van der Waals surface area (Å²) in [4.78, 5) is 8.94. The van der Waals surface area contributed by atoms with Gasteiger partial charge < -0.3 is 5.32 Å². The third kappa shape index (κ3) is 3.87. The van der Waals surface area contributed by atoms with Crippen molar-refractivity contribution in [2.24, 2.45) is 0 Å². The van der Waals surface area contributed by atoms with Crippen molar-refractivity contribution >= 4 is 28.0 Å². The van der Waals surface area contributed by atoms with Crippen molar-refractivity contribution < 1.29 is 0 Å². The van der Waals surface area contributed by atoms with Gasteiger partial charge in [-0.15, -0.1) is 0 Å². The lowest BCUT2D eigenvalue weighted by molar-refractivity contribution is 1.10. The summed E-state index contributed by atoms with van der Waals surface area (Å²) in [5.41, 5.74) is 7.99. The van der Waals surface area contributed by atoms with Gasteiger partial charge in [-0.1, -0.05) is 37.0 Å². The maximum atomic E-state index is 4.82. The van der Waals surface area contributed by atoms with Crippen LogP contribution in [-0.2, 0) is 0 Å². The first-order chi connectivity index (χ1) is 13.0. The van der Waals surface area contributed by atoms with Gasteiger partial charge in [0.05, 0.1) is 16.9 Å². The molecule has 0 atom stereocenters. The van der Waals surface area contributed by atoms with Crippen LogP contribution in [0, 0.1) is 6.92 Å². The van der Waals surface area contributed by atoms with Gasteiger partial charge in [0.2, 0.25) is 0 Å². The number of H-pyrrole nitrogens is 1. The molecule has 0 aliphatic heterocycles. The second-order valence-electron chi connectivity index (χ2n) is 6.30. The minimum atomic E-state index is 0.681. The molecule has 2 N–H and O–H groups in total. The zero-order valence-electron chi connectivity index (χ0n) is 15.9. The highest BCUT2D eigenvalue weighted by molar-refractivity contribution is 5.91. The van der Waals surface area contributed by atoms with E-state index in [9.17, 15) is 0 Å². The van der Waals surface area contributed by atoms with E-state index in [1.165, 1.54) is 0 Å². The number of rotatable bonds is 6. The van der Waals surface area contributed by atoms with E-state index in [4.69, 9.17) is 4.98 Å². The molecule has 0 fully saturated rings. The fraction of sp³-hybridized carbons (Fsp3) is 0.136. The van der Waals surface area contributed by atoms with Crippen molar-refractivity contribution in [3.8, 4) is 0 Å². The first kappa shape index (κ1) is 18.3. The maximum absolute atomic E-state index is 4.82. The Kier molecular flexibility index (Phi) is 5.31. The Morgan fingerprint density at radius 2 is 2.07 bits per heavy atom. The molecule has 3 heterocycles. The summed E-state index contributed by atoms with van der Waals surface area (Å²) < 4.78 is 0. The smallest absolute Gasteiger partial charge is 0.134 e. The first-order valence-electron chi connectivity index (χ1n) is 8.73. The molecule has 0 radical (unpaired) electrons. The molecule has 27 heavy (non-hydrogen) atoms. The zero-order chi connectivity index (χ0) is 19.4. The maximum Gasteiger partial charge on any atom is 0.134 e. The number of aryl methyl sites for hydroxylation is 1. The number of hydrogen-bond donors (Lipinski definition) is 2. The summed E-state index contributed by atoms with van der Waals surface area (Å²) in [6.45, 7) is 14.0. The van der Waals surface area contributed by atoms with Crippen LogP contribution in [0.5, 0.6) is 0 Å². The van der Waals surface area contributed by atoms with E-state index in [0.29, 0.717) is 11.4 Å². The number of allylic oxidation sites excluding steroid dienone is 5. The van der Waals surface area contributed by atoms with Gasteiger partial charge in [0.25, 0.3) is 0 Å². The summed E-state index contributed by atoms with van der Waals surface area (Å²) in [6.07, 6.45) is 9.48. The summed E-state index contributed by atoms with van der Waals surface area (Å²) in [5, 5.41) is 10.7. The predicted molar refractivity (Wildman–Crippen MR) is 113 cm³/mol. The number of hydrogen-bond acceptors (Lipinski definition) is 4. The van der Waals surface area contributed by atoms with Crippen molar-refractivity contribution in [1.29, 1.82) is 0 Å². The average molecular weight is 357 g/mol. The van der Waals surface area contributed by atoms with Crippen LogP contribution < -0.4 is 5.32 Å². The van der Waals surface area contributed by atoms with Crippen LogP contribution in [0.25, 0.3) is 22.3 Å². The summed E-state index contributed by atoms with van der Waals surface area (Å²) >= 11 is 0. The number of aromatic amines is 1. The quantitative estimate of drug-likeness (QED) is 0.589. The standard InChI is InChI=1S/C22H23N5/c1-6-14(3)12-17(7-2)19-8-9-20-22(25-19)21(27-26-20)16(5)24-18-10-11-23-13-15(18)4/h6-13H,1,5H2,2-4H3,(H,23,24)(H,26,27)/b14-12-,17-7+. The molecule has 0 unspecified atom stereocenters. The molecule has 136 valence electrons. The number of pyridine rings is 2. The molecule has 3 rings (SSSR count). The molecule has 0 spiro atoms. The molecular weight excluding hydrogens is 334 g/mol. The predicted octanol–water partition coefficient (Wildman–Crippen LogP) is 5.28. The van der Waals surface area contributed by atoms with Crippen LogP contribution in [0.1, 0.15) is 30.8 Å². The summed E-state index contributed by atoms with van der Waals surface area (Å²) in [7, 11) is 0. The molecule has 0 saturated heterocycles. The van der Waals surface area contributed by atoms with Gasteiger partial charge in [-0.25, -0.2) is 4.98 Å². The van der Waals surface area contributed by atoms with Gasteiger partial charge in [-0.3, -0.25) is 10.1 Å². The van der Waals surface area contributed by atoms with E-state index in [-0.39, 0.29) is 0 Å². The van der Waals surface area contributed by atoms with E-state index < -0.39 is 0 Å². The highest BCUT2D eigenvalue weighted by Crippen LogP contribution is 2.25. The van der Waals surface area contributed by atoms with E-state index in [1.54, 1.807) is 12.4 Å². The van der Waals surface area contributed by atoms with Crippen molar-refractivity contribution in [2.75, 3.05) is 5.32 Å². The minimum Gasteiger partial charge on any atom is -0.354 e. The number of anilines is 1. The van der Waals surface area contributed by atoms with Crippen LogP contribution in [0.4, 0.5) is 5.69 Å². The van der Waals surface area contributed by atoms with E-state index in [1.807, 2.05) is 51.1 Å². The lowest BCUT2D eigenvalue weighted by Crippen LogP contribution is -2.01. The van der Waals surface area contributed by atoms with Crippen LogP contribution in [-0.4, -0.2) is 20.2 Å². The van der Waals surface area contributed by atoms with Crippen molar-refractivity contribution in [2.45, 2.75) is 20.8 Å². The average Bonchev–Trinajstić information content (AvgIpc) is 3.11. The monoisotopic (exact) mass is 357 g/mol. The van der Waals surface area contributed by atoms with Gasteiger partial charge in [0.1, 0.15) is 11.2 Å². The van der Waals surface area contributed by atoms with Gasteiger partial charge in [0.15, 0.2) is 0 Å². The van der Waals surface area contributed by atoms with Crippen LogP contribution in [0.3, 0.4) is 0 Å². The van der Waals surface area contributed by atoms with E-state index in [2.05, 4.69) is 39.7 Å². The molecule has 0 bridgehead atoms. The minimum absolute atomic E-state index is 0.681. The molecule has 0 aromatic carbocycles. The second kappa shape index (κ2) is 7.83. The van der Waals surface area contributed by atoms with E-state index >= 15 is 0 Å². The lowest BCUT2D eigenvalue weighted by atomic mass is 10.1. The number of nitrogens with one attached hydrogen (secondary N) is 2. The fourth-order valence-corrected chi connectivity index (χ4v) is 2.71. The Morgan fingerprint density at radius 3 is 2.78 bits per heavy atom. The highest BCUT2D eigenvalue weighted by Gasteiger charge is 2.13. The van der Waals surface area contributed by atoms with E-state index in [0.717, 1.165) is 39.1 Å². The molecule has 5 nitrogen and oxygen atoms in total. The van der Waals surface area contributed by atoms with Gasteiger partial charge >= 0.3 is 0 Å². The number of aromatic nitrogens is 4. The SMILES string of the molecule is C=C/C(C)=C\C(=C/C)c1ccc2[nH]nc(C(=C)Nc3ccncc3C)c2n1. The summed E-state index contributed by atoms with van der Waals surface area (Å²) in [6, 6.07) is 5.88. The van der Waals surface area contributed by atoms with Crippen LogP contribution in [0.2, 0.25) is 0 Å². The van der Waals surface area contributed by atoms with Crippen LogP contribution >= 0.6 is 0 Å². The number of nitrogens with zero attached hydrogens (tertiary/aromatic N) is 3. The zero-order valence-corrected chi connectivity index (χ0v) is 15.9. The lowest BCUT2D eigenvalue weighted by Gasteiger charge is -2.10. The molecule has 3 aromatic heterocycles. The highest BCUT2D eigenvalue weighted by atomic mass is 15.1.